The monoisotopic (exact) mass is 312 g/mol. The number of nitrogens with one attached hydrogen (secondary N) is 1. The number of rotatable bonds is 4. The summed E-state index contributed by atoms with van der Waals surface area (Å²) in [7, 11) is 0. The Hall–Kier alpha value is -2.54. The van der Waals surface area contributed by atoms with Crippen LogP contribution in [0.25, 0.3) is 0 Å². The lowest BCUT2D eigenvalue weighted by Gasteiger charge is -2.11. The molecule has 118 valence electrons. The van der Waals surface area contributed by atoms with E-state index in [0.29, 0.717) is 29.3 Å². The molecule has 1 N–H and O–H groups in total. The Balaban J connectivity index is 1.44. The lowest BCUT2D eigenvalue weighted by atomic mass is 10.1. The van der Waals surface area contributed by atoms with Crippen molar-refractivity contribution in [3.8, 4) is 0 Å². The Labute approximate surface area is 132 Å². The fourth-order valence-corrected chi connectivity index (χ4v) is 3.05. The van der Waals surface area contributed by atoms with Crippen LogP contribution in [-0.4, -0.2) is 46.5 Å². The first-order chi connectivity index (χ1) is 11.2. The van der Waals surface area contributed by atoms with Crippen molar-refractivity contribution >= 4 is 11.8 Å². The number of hydrogen-bond donors (Lipinski definition) is 1. The van der Waals surface area contributed by atoms with E-state index in [1.54, 1.807) is 24.3 Å². The summed E-state index contributed by atoms with van der Waals surface area (Å²) in [6.07, 6.45) is 1.38. The Morgan fingerprint density at radius 1 is 1.22 bits per heavy atom. The standard InChI is InChI=1S/C16H16N4O3/c21-15-11-3-1-2-4-12(11)16(22)20(15)8-6-13-18-14(23-19-13)10-5-7-17-9-10/h1-4,10,17H,5-9H2. The molecule has 2 amide bonds. The first-order valence-electron chi connectivity index (χ1n) is 7.72. The largest absolute Gasteiger partial charge is 0.339 e. The summed E-state index contributed by atoms with van der Waals surface area (Å²) in [5.74, 6) is 0.912. The van der Waals surface area contributed by atoms with Crippen LogP contribution in [0.15, 0.2) is 28.8 Å². The van der Waals surface area contributed by atoms with Crippen LogP contribution in [0.3, 0.4) is 0 Å². The highest BCUT2D eigenvalue weighted by molar-refractivity contribution is 6.21. The number of carbonyl (C=O) groups excluding carboxylic acids is 2. The van der Waals surface area contributed by atoms with Crippen molar-refractivity contribution < 1.29 is 14.1 Å². The molecule has 1 fully saturated rings. The van der Waals surface area contributed by atoms with Crippen molar-refractivity contribution in [1.82, 2.24) is 20.4 Å². The van der Waals surface area contributed by atoms with Crippen LogP contribution in [0.4, 0.5) is 0 Å². The number of imide groups is 1. The highest BCUT2D eigenvalue weighted by atomic mass is 16.5. The summed E-state index contributed by atoms with van der Waals surface area (Å²) >= 11 is 0. The van der Waals surface area contributed by atoms with Gasteiger partial charge in [0.25, 0.3) is 11.8 Å². The van der Waals surface area contributed by atoms with Gasteiger partial charge in [0.05, 0.1) is 17.0 Å². The predicted molar refractivity (Wildman–Crippen MR) is 80.0 cm³/mol. The molecule has 2 aliphatic rings. The van der Waals surface area contributed by atoms with Crippen LogP contribution < -0.4 is 5.32 Å². The molecule has 1 saturated heterocycles. The van der Waals surface area contributed by atoms with E-state index in [1.165, 1.54) is 4.90 Å². The molecule has 0 bridgehead atoms. The van der Waals surface area contributed by atoms with Gasteiger partial charge in [0.1, 0.15) is 0 Å². The molecule has 0 saturated carbocycles. The second-order valence-corrected chi connectivity index (χ2v) is 5.80. The van der Waals surface area contributed by atoms with Crippen molar-refractivity contribution in [2.75, 3.05) is 19.6 Å². The summed E-state index contributed by atoms with van der Waals surface area (Å²) in [5, 5.41) is 7.21. The van der Waals surface area contributed by atoms with Gasteiger partial charge in [0.2, 0.25) is 5.89 Å². The maximum Gasteiger partial charge on any atom is 0.261 e. The van der Waals surface area contributed by atoms with Crippen LogP contribution in [0.1, 0.15) is 44.8 Å². The second-order valence-electron chi connectivity index (χ2n) is 5.80. The molecule has 3 heterocycles. The van der Waals surface area contributed by atoms with Gasteiger partial charge < -0.3 is 9.84 Å². The zero-order valence-corrected chi connectivity index (χ0v) is 12.5. The first kappa shape index (κ1) is 14.1. The number of aromatic nitrogens is 2. The molecule has 1 unspecified atom stereocenters. The number of amides is 2. The van der Waals surface area contributed by atoms with Crippen molar-refractivity contribution in [2.24, 2.45) is 0 Å². The molecule has 2 aromatic rings. The molecule has 23 heavy (non-hydrogen) atoms. The Kier molecular flexibility index (Phi) is 3.42. The molecule has 0 spiro atoms. The van der Waals surface area contributed by atoms with Crippen LogP contribution in [0.2, 0.25) is 0 Å². The van der Waals surface area contributed by atoms with Gasteiger partial charge in [0, 0.05) is 19.5 Å². The maximum absolute atomic E-state index is 12.3. The summed E-state index contributed by atoms with van der Waals surface area (Å²) in [4.78, 5) is 30.2. The van der Waals surface area contributed by atoms with Gasteiger partial charge in [-0.15, -0.1) is 0 Å². The van der Waals surface area contributed by atoms with Crippen molar-refractivity contribution in [3.05, 3.63) is 47.1 Å². The van der Waals surface area contributed by atoms with Gasteiger partial charge in [-0.2, -0.15) is 4.98 Å². The molecule has 7 heteroatoms. The molecule has 1 aromatic carbocycles. The molecule has 4 rings (SSSR count). The molecule has 2 aliphatic heterocycles. The molecule has 7 nitrogen and oxygen atoms in total. The quantitative estimate of drug-likeness (QED) is 0.847. The van der Waals surface area contributed by atoms with E-state index in [0.717, 1.165) is 19.5 Å². The van der Waals surface area contributed by atoms with Crippen LogP contribution in [-0.2, 0) is 6.42 Å². The third-order valence-electron chi connectivity index (χ3n) is 4.33. The molecule has 1 aromatic heterocycles. The maximum atomic E-state index is 12.3. The Morgan fingerprint density at radius 3 is 2.61 bits per heavy atom. The Bertz CT molecular complexity index is 729. The summed E-state index contributed by atoms with van der Waals surface area (Å²) in [6, 6.07) is 6.87. The van der Waals surface area contributed by atoms with E-state index in [-0.39, 0.29) is 24.3 Å². The van der Waals surface area contributed by atoms with Gasteiger partial charge in [-0.3, -0.25) is 14.5 Å². The highest BCUT2D eigenvalue weighted by Crippen LogP contribution is 2.23. The van der Waals surface area contributed by atoms with E-state index in [2.05, 4.69) is 15.5 Å². The van der Waals surface area contributed by atoms with E-state index in [1.807, 2.05) is 0 Å². The Morgan fingerprint density at radius 2 is 1.96 bits per heavy atom. The lowest BCUT2D eigenvalue weighted by molar-refractivity contribution is 0.0655. The van der Waals surface area contributed by atoms with E-state index in [4.69, 9.17) is 4.52 Å². The van der Waals surface area contributed by atoms with Gasteiger partial charge in [-0.1, -0.05) is 17.3 Å². The lowest BCUT2D eigenvalue weighted by Crippen LogP contribution is -2.31. The average molecular weight is 312 g/mol. The normalized spacial score (nSPS) is 20.3. The van der Waals surface area contributed by atoms with Crippen LogP contribution in [0, 0.1) is 0 Å². The third-order valence-corrected chi connectivity index (χ3v) is 4.33. The topological polar surface area (TPSA) is 88.3 Å². The molecular formula is C16H16N4O3. The number of hydrogen-bond acceptors (Lipinski definition) is 6. The summed E-state index contributed by atoms with van der Waals surface area (Å²) in [6.45, 7) is 2.06. The fourth-order valence-electron chi connectivity index (χ4n) is 3.05. The first-order valence-corrected chi connectivity index (χ1v) is 7.72. The van der Waals surface area contributed by atoms with Gasteiger partial charge in [-0.05, 0) is 25.1 Å². The zero-order valence-electron chi connectivity index (χ0n) is 12.5. The zero-order chi connectivity index (χ0) is 15.8. The molecule has 0 aliphatic carbocycles. The molecular weight excluding hydrogens is 296 g/mol. The van der Waals surface area contributed by atoms with Crippen LogP contribution in [0.5, 0.6) is 0 Å². The third kappa shape index (κ3) is 2.43. The van der Waals surface area contributed by atoms with Crippen LogP contribution >= 0.6 is 0 Å². The van der Waals surface area contributed by atoms with E-state index < -0.39 is 0 Å². The highest BCUT2D eigenvalue weighted by Gasteiger charge is 2.35. The number of benzene rings is 1. The number of nitrogens with zero attached hydrogens (tertiary/aromatic N) is 3. The minimum absolute atomic E-state index is 0.255. The SMILES string of the molecule is O=C1c2ccccc2C(=O)N1CCc1noc(C2CCNC2)n1. The van der Waals surface area contributed by atoms with Gasteiger partial charge in [-0.25, -0.2) is 0 Å². The molecule has 0 radical (unpaired) electrons. The molecule has 1 atom stereocenters. The smallest absolute Gasteiger partial charge is 0.261 e. The summed E-state index contributed by atoms with van der Waals surface area (Å²) in [5.41, 5.74) is 0.923. The van der Waals surface area contributed by atoms with Gasteiger partial charge >= 0.3 is 0 Å². The van der Waals surface area contributed by atoms with E-state index >= 15 is 0 Å². The van der Waals surface area contributed by atoms with Crippen molar-refractivity contribution in [3.63, 3.8) is 0 Å². The second kappa shape index (κ2) is 5.58. The number of carbonyl (C=O) groups is 2. The van der Waals surface area contributed by atoms with Crippen molar-refractivity contribution in [2.45, 2.75) is 18.8 Å². The predicted octanol–water partition coefficient (Wildman–Crippen LogP) is 0.985. The minimum Gasteiger partial charge on any atom is -0.339 e. The number of fused-ring (bicyclic) bond motifs is 1. The van der Waals surface area contributed by atoms with Gasteiger partial charge in [0.15, 0.2) is 5.82 Å². The fraction of sp³-hybridized carbons (Fsp3) is 0.375. The van der Waals surface area contributed by atoms with Crippen molar-refractivity contribution in [1.29, 1.82) is 0 Å². The van der Waals surface area contributed by atoms with E-state index in [9.17, 15) is 9.59 Å². The average Bonchev–Trinajstić information content (AvgIpc) is 3.29. The summed E-state index contributed by atoms with van der Waals surface area (Å²) < 4.78 is 5.29. The minimum atomic E-state index is -0.255.